The van der Waals surface area contributed by atoms with Crippen molar-refractivity contribution >= 4 is 17.7 Å². The van der Waals surface area contributed by atoms with Crippen molar-refractivity contribution < 1.29 is 32.6 Å². The summed E-state index contributed by atoms with van der Waals surface area (Å²) in [4.78, 5) is 24.1. The van der Waals surface area contributed by atoms with Crippen molar-refractivity contribution in [1.29, 1.82) is 0 Å². The van der Waals surface area contributed by atoms with Crippen molar-refractivity contribution in [2.24, 2.45) is 5.92 Å². The number of benzene rings is 1. The van der Waals surface area contributed by atoms with Gasteiger partial charge >= 0.3 is 12.1 Å². The van der Waals surface area contributed by atoms with Crippen LogP contribution in [0.2, 0.25) is 0 Å². The molecule has 2 aliphatic rings. The number of halogens is 3. The van der Waals surface area contributed by atoms with Gasteiger partial charge in [0.25, 0.3) is 5.91 Å². The van der Waals surface area contributed by atoms with Crippen LogP contribution in [0, 0.1) is 5.92 Å². The van der Waals surface area contributed by atoms with E-state index in [9.17, 15) is 18.0 Å². The monoisotopic (exact) mass is 508 g/mol. The molecule has 1 aliphatic carbocycles. The molecule has 1 saturated heterocycles. The van der Waals surface area contributed by atoms with Gasteiger partial charge in [-0.1, -0.05) is 12.2 Å². The van der Waals surface area contributed by atoms with Crippen molar-refractivity contribution in [2.75, 3.05) is 32.1 Å². The van der Waals surface area contributed by atoms with Gasteiger partial charge in [-0.25, -0.2) is 9.48 Å². The molecule has 1 aromatic heterocycles. The summed E-state index contributed by atoms with van der Waals surface area (Å²) in [5, 5.41) is 14.7. The van der Waals surface area contributed by atoms with Crippen LogP contribution in [-0.4, -0.2) is 64.6 Å². The number of aliphatic carboxylic acids is 1. The maximum absolute atomic E-state index is 12.6. The fraction of sp³-hybridized carbons (Fsp3) is 0.480. The normalized spacial score (nSPS) is 18.7. The van der Waals surface area contributed by atoms with Gasteiger partial charge in [0.1, 0.15) is 11.6 Å². The van der Waals surface area contributed by atoms with Crippen LogP contribution in [0.5, 0.6) is 5.75 Å². The van der Waals surface area contributed by atoms with E-state index in [1.165, 1.54) is 25.8 Å². The zero-order valence-electron chi connectivity index (χ0n) is 20.1. The highest BCUT2D eigenvalue weighted by atomic mass is 19.4. The van der Waals surface area contributed by atoms with Crippen LogP contribution in [0.15, 0.2) is 48.7 Å². The molecule has 1 atom stereocenters. The Labute approximate surface area is 207 Å². The molecule has 0 bridgehead atoms. The van der Waals surface area contributed by atoms with E-state index in [1.54, 1.807) is 37.6 Å². The molecule has 0 spiro atoms. The van der Waals surface area contributed by atoms with E-state index in [-0.39, 0.29) is 5.91 Å². The van der Waals surface area contributed by atoms with Crippen LogP contribution in [0.4, 0.5) is 19.0 Å². The van der Waals surface area contributed by atoms with E-state index >= 15 is 0 Å². The molecule has 4 rings (SSSR count). The largest absolute Gasteiger partial charge is 0.497 e. The number of carbonyl (C=O) groups excluding carboxylic acids is 1. The van der Waals surface area contributed by atoms with Crippen molar-refractivity contribution in [3.05, 3.63) is 54.2 Å². The molecule has 36 heavy (non-hydrogen) atoms. The van der Waals surface area contributed by atoms with E-state index in [0.717, 1.165) is 43.4 Å². The van der Waals surface area contributed by atoms with Crippen LogP contribution in [-0.2, 0) is 4.79 Å². The Kier molecular flexibility index (Phi) is 9.51. The van der Waals surface area contributed by atoms with E-state index in [1.807, 2.05) is 10.7 Å². The number of piperidine rings is 1. The fourth-order valence-corrected chi connectivity index (χ4v) is 4.37. The average Bonchev–Trinajstić information content (AvgIpc) is 3.33. The van der Waals surface area contributed by atoms with Crippen LogP contribution >= 0.6 is 0 Å². The third kappa shape index (κ3) is 7.84. The van der Waals surface area contributed by atoms with E-state index in [4.69, 9.17) is 14.6 Å². The topological polar surface area (TPSA) is 96.7 Å². The standard InChI is InChI=1S/C23H30N4O2.C2HF3O2/c1-29-21-9-7-19(8-10-21)23(28)25-22-11-14-24-27(22)20-12-15-26(16-13-20)17-18-5-3-2-4-6-18;3-2(4,5)1(6)7/h2-3,7-11,14,18,20H,4-6,12-13,15-17H2,1H3,(H,25,28);(H,6,7). The molecule has 1 unspecified atom stereocenters. The number of hydrogen-bond donors (Lipinski definition) is 2. The number of amides is 1. The highest BCUT2D eigenvalue weighted by molar-refractivity contribution is 6.03. The van der Waals surface area contributed by atoms with Crippen LogP contribution < -0.4 is 10.1 Å². The Morgan fingerprint density at radius 2 is 1.78 bits per heavy atom. The van der Waals surface area contributed by atoms with Crippen molar-refractivity contribution in [2.45, 2.75) is 44.3 Å². The van der Waals surface area contributed by atoms with Crippen molar-refractivity contribution in [3.8, 4) is 5.75 Å². The third-order valence-electron chi connectivity index (χ3n) is 6.30. The zero-order valence-corrected chi connectivity index (χ0v) is 20.1. The second kappa shape index (κ2) is 12.6. The van der Waals surface area contributed by atoms with Gasteiger partial charge in [0, 0.05) is 31.3 Å². The summed E-state index contributed by atoms with van der Waals surface area (Å²) in [7, 11) is 1.62. The summed E-state index contributed by atoms with van der Waals surface area (Å²) in [5.74, 6) is -0.574. The van der Waals surface area contributed by atoms with Gasteiger partial charge < -0.3 is 20.1 Å². The first-order valence-electron chi connectivity index (χ1n) is 11.8. The van der Waals surface area contributed by atoms with E-state index < -0.39 is 12.1 Å². The molecular weight excluding hydrogens is 477 g/mol. The number of carboxylic acid groups (broad SMARTS) is 1. The first-order chi connectivity index (χ1) is 17.2. The number of nitrogens with one attached hydrogen (secondary N) is 1. The minimum absolute atomic E-state index is 0.128. The number of anilines is 1. The minimum Gasteiger partial charge on any atom is -0.497 e. The Morgan fingerprint density at radius 3 is 2.33 bits per heavy atom. The molecule has 1 aromatic carbocycles. The lowest BCUT2D eigenvalue weighted by Gasteiger charge is -2.35. The van der Waals surface area contributed by atoms with Crippen LogP contribution in [0.25, 0.3) is 0 Å². The lowest BCUT2D eigenvalue weighted by Crippen LogP contribution is -2.38. The number of nitrogens with zero attached hydrogens (tertiary/aromatic N) is 3. The molecule has 0 saturated carbocycles. The van der Waals surface area contributed by atoms with Gasteiger partial charge in [0.05, 0.1) is 19.3 Å². The number of methoxy groups -OCH3 is 1. The average molecular weight is 509 g/mol. The first kappa shape index (κ1) is 27.3. The summed E-state index contributed by atoms with van der Waals surface area (Å²) in [6, 6.07) is 9.34. The molecule has 1 aliphatic heterocycles. The molecule has 196 valence electrons. The molecular formula is C25H31F3N4O4. The lowest BCUT2D eigenvalue weighted by atomic mass is 9.93. The number of likely N-dealkylation sites (tertiary alicyclic amines) is 1. The van der Waals surface area contributed by atoms with Crippen LogP contribution in [0.1, 0.15) is 48.5 Å². The van der Waals surface area contributed by atoms with Gasteiger partial charge in [0.2, 0.25) is 0 Å². The van der Waals surface area contributed by atoms with Gasteiger partial charge in [-0.3, -0.25) is 4.79 Å². The summed E-state index contributed by atoms with van der Waals surface area (Å²) in [5.41, 5.74) is 0.606. The van der Waals surface area contributed by atoms with Crippen LogP contribution in [0.3, 0.4) is 0 Å². The lowest BCUT2D eigenvalue weighted by molar-refractivity contribution is -0.192. The molecule has 0 radical (unpaired) electrons. The SMILES string of the molecule is COc1ccc(C(=O)Nc2ccnn2C2CCN(CC3CC=CCC3)CC2)cc1.O=C(O)C(F)(F)F. The van der Waals surface area contributed by atoms with Crippen molar-refractivity contribution in [1.82, 2.24) is 14.7 Å². The number of hydrogen-bond acceptors (Lipinski definition) is 5. The molecule has 2 heterocycles. The smallest absolute Gasteiger partial charge is 0.490 e. The number of ether oxygens (including phenoxy) is 1. The number of aromatic nitrogens is 2. The number of carbonyl (C=O) groups is 2. The van der Waals surface area contributed by atoms with Gasteiger partial charge in [-0.05, 0) is 62.3 Å². The molecule has 11 heteroatoms. The summed E-state index contributed by atoms with van der Waals surface area (Å²) >= 11 is 0. The second-order valence-electron chi connectivity index (χ2n) is 8.83. The van der Waals surface area contributed by atoms with Gasteiger partial charge in [0.15, 0.2) is 0 Å². The zero-order chi connectivity index (χ0) is 26.1. The predicted octanol–water partition coefficient (Wildman–Crippen LogP) is 4.77. The maximum atomic E-state index is 12.6. The number of alkyl halides is 3. The molecule has 2 aromatic rings. The Bertz CT molecular complexity index is 1030. The quantitative estimate of drug-likeness (QED) is 0.546. The highest BCUT2D eigenvalue weighted by Gasteiger charge is 2.38. The van der Waals surface area contributed by atoms with E-state index in [2.05, 4.69) is 27.5 Å². The summed E-state index contributed by atoms with van der Waals surface area (Å²) in [6.07, 6.45) is 7.23. The summed E-state index contributed by atoms with van der Waals surface area (Å²) in [6.45, 7) is 3.39. The number of carboxylic acids is 1. The molecule has 1 amide bonds. The van der Waals surface area contributed by atoms with Gasteiger partial charge in [-0.15, -0.1) is 0 Å². The Balaban J connectivity index is 0.000000454. The van der Waals surface area contributed by atoms with Crippen molar-refractivity contribution in [3.63, 3.8) is 0 Å². The molecule has 1 fully saturated rings. The highest BCUT2D eigenvalue weighted by Crippen LogP contribution is 2.28. The Hall–Kier alpha value is -3.34. The minimum atomic E-state index is -5.08. The van der Waals surface area contributed by atoms with E-state index in [0.29, 0.717) is 11.6 Å². The Morgan fingerprint density at radius 1 is 1.11 bits per heavy atom. The first-order valence-corrected chi connectivity index (χ1v) is 11.8. The third-order valence-corrected chi connectivity index (χ3v) is 6.30. The molecule has 2 N–H and O–H groups in total. The van der Waals surface area contributed by atoms with Gasteiger partial charge in [-0.2, -0.15) is 18.3 Å². The number of allylic oxidation sites excluding steroid dienone is 2. The predicted molar refractivity (Wildman–Crippen MR) is 128 cm³/mol. The maximum Gasteiger partial charge on any atom is 0.490 e. The second-order valence-corrected chi connectivity index (χ2v) is 8.83. The molecule has 8 nitrogen and oxygen atoms in total. The number of rotatable bonds is 6. The summed E-state index contributed by atoms with van der Waals surface area (Å²) < 4.78 is 38.9. The fourth-order valence-electron chi connectivity index (χ4n) is 4.37.